The molecule has 1 fully saturated rings. The standard InChI is InChI=1S/C20H21N7/c1-11-20(24-18-7-5-6-8-26(11)18)16-9-15(16)17-10-19(23-12(2)22-17)27-14(4)21-13(3)25-27/h5-8,10,15-16H,9H2,1-4H3/t15-,16?/m1/s1. The highest BCUT2D eigenvalue weighted by atomic mass is 15.4. The Morgan fingerprint density at radius 2 is 1.78 bits per heavy atom. The van der Waals surface area contributed by atoms with Crippen molar-refractivity contribution in [3.63, 3.8) is 0 Å². The van der Waals surface area contributed by atoms with Crippen molar-refractivity contribution in [1.29, 1.82) is 0 Å². The number of hydrogen-bond donors (Lipinski definition) is 0. The van der Waals surface area contributed by atoms with Gasteiger partial charge in [0, 0.05) is 29.8 Å². The molecule has 0 aromatic carbocycles. The smallest absolute Gasteiger partial charge is 0.159 e. The molecular weight excluding hydrogens is 338 g/mol. The first-order chi connectivity index (χ1) is 13.0. The van der Waals surface area contributed by atoms with Crippen LogP contribution in [0.5, 0.6) is 0 Å². The van der Waals surface area contributed by atoms with Crippen molar-refractivity contribution in [3.8, 4) is 5.82 Å². The lowest BCUT2D eigenvalue weighted by Crippen LogP contribution is -2.06. The van der Waals surface area contributed by atoms with E-state index < -0.39 is 0 Å². The van der Waals surface area contributed by atoms with E-state index in [1.54, 1.807) is 4.68 Å². The van der Waals surface area contributed by atoms with Crippen LogP contribution in [0.2, 0.25) is 0 Å². The van der Waals surface area contributed by atoms with Gasteiger partial charge in [-0.25, -0.2) is 19.9 Å². The number of hydrogen-bond acceptors (Lipinski definition) is 5. The zero-order chi connectivity index (χ0) is 18.7. The van der Waals surface area contributed by atoms with Gasteiger partial charge in [-0.15, -0.1) is 5.10 Å². The Morgan fingerprint density at radius 3 is 2.52 bits per heavy atom. The molecule has 7 nitrogen and oxygen atoms in total. The Balaban J connectivity index is 1.51. The number of pyridine rings is 1. The highest BCUT2D eigenvalue weighted by Gasteiger charge is 2.43. The molecule has 0 bridgehead atoms. The molecule has 4 heterocycles. The van der Waals surface area contributed by atoms with Crippen LogP contribution in [0.4, 0.5) is 0 Å². The summed E-state index contributed by atoms with van der Waals surface area (Å²) in [5.74, 6) is 3.90. The monoisotopic (exact) mass is 359 g/mol. The fourth-order valence-electron chi connectivity index (χ4n) is 3.92. The molecule has 0 saturated heterocycles. The highest BCUT2D eigenvalue weighted by molar-refractivity contribution is 5.46. The van der Waals surface area contributed by atoms with Crippen LogP contribution in [0.1, 0.15) is 52.8 Å². The minimum atomic E-state index is 0.374. The van der Waals surface area contributed by atoms with Crippen molar-refractivity contribution in [2.75, 3.05) is 0 Å². The summed E-state index contributed by atoms with van der Waals surface area (Å²) in [6.07, 6.45) is 3.14. The van der Waals surface area contributed by atoms with E-state index >= 15 is 0 Å². The SMILES string of the molecule is Cc1nc([C@@H]2CC2c2nc3ccccn3c2C)cc(-n2nc(C)nc2C)n1. The van der Waals surface area contributed by atoms with Crippen LogP contribution >= 0.6 is 0 Å². The lowest BCUT2D eigenvalue weighted by Gasteiger charge is -2.07. The third kappa shape index (κ3) is 2.61. The second-order valence-corrected chi connectivity index (χ2v) is 7.28. The summed E-state index contributed by atoms with van der Waals surface area (Å²) in [5.41, 5.74) is 4.46. The molecule has 27 heavy (non-hydrogen) atoms. The third-order valence-corrected chi connectivity index (χ3v) is 5.26. The summed E-state index contributed by atoms with van der Waals surface area (Å²) in [7, 11) is 0. The quantitative estimate of drug-likeness (QED) is 0.561. The maximum absolute atomic E-state index is 4.86. The maximum Gasteiger partial charge on any atom is 0.159 e. The van der Waals surface area contributed by atoms with E-state index in [1.165, 1.54) is 11.4 Å². The minimum absolute atomic E-state index is 0.374. The van der Waals surface area contributed by atoms with E-state index in [2.05, 4.69) is 38.7 Å². The average Bonchev–Trinajstić information content (AvgIpc) is 3.27. The van der Waals surface area contributed by atoms with Gasteiger partial charge in [-0.1, -0.05) is 6.07 Å². The Morgan fingerprint density at radius 1 is 0.926 bits per heavy atom. The first kappa shape index (κ1) is 16.1. The fraction of sp³-hybridized carbons (Fsp3) is 0.350. The van der Waals surface area contributed by atoms with Gasteiger partial charge in [0.15, 0.2) is 5.82 Å². The van der Waals surface area contributed by atoms with Crippen molar-refractivity contribution in [1.82, 2.24) is 34.1 Å². The number of nitrogens with zero attached hydrogens (tertiary/aromatic N) is 7. The number of rotatable bonds is 3. The van der Waals surface area contributed by atoms with Gasteiger partial charge >= 0.3 is 0 Å². The highest BCUT2D eigenvalue weighted by Crippen LogP contribution is 2.54. The number of aromatic nitrogens is 7. The van der Waals surface area contributed by atoms with Crippen LogP contribution in [0.15, 0.2) is 30.5 Å². The van der Waals surface area contributed by atoms with Crippen LogP contribution in [0.25, 0.3) is 11.5 Å². The van der Waals surface area contributed by atoms with E-state index in [9.17, 15) is 0 Å². The lowest BCUT2D eigenvalue weighted by molar-refractivity contribution is 0.777. The summed E-state index contributed by atoms with van der Waals surface area (Å²) in [6.45, 7) is 7.90. The van der Waals surface area contributed by atoms with E-state index in [0.29, 0.717) is 11.8 Å². The second-order valence-electron chi connectivity index (χ2n) is 7.28. The molecule has 2 atom stereocenters. The van der Waals surface area contributed by atoms with Gasteiger partial charge in [-0.3, -0.25) is 0 Å². The van der Waals surface area contributed by atoms with Crippen molar-refractivity contribution in [2.24, 2.45) is 0 Å². The van der Waals surface area contributed by atoms with Crippen molar-refractivity contribution < 1.29 is 0 Å². The molecule has 0 radical (unpaired) electrons. The van der Waals surface area contributed by atoms with Gasteiger partial charge < -0.3 is 4.40 Å². The molecule has 1 aliphatic carbocycles. The van der Waals surface area contributed by atoms with Crippen LogP contribution in [0.3, 0.4) is 0 Å². The molecule has 0 amide bonds. The average molecular weight is 359 g/mol. The Hall–Kier alpha value is -3.09. The van der Waals surface area contributed by atoms with Crippen LogP contribution in [-0.2, 0) is 0 Å². The lowest BCUT2D eigenvalue weighted by atomic mass is 10.1. The summed E-state index contributed by atoms with van der Waals surface area (Å²) < 4.78 is 3.95. The predicted octanol–water partition coefficient (Wildman–Crippen LogP) is 3.21. The van der Waals surface area contributed by atoms with Gasteiger partial charge in [0.05, 0.1) is 11.4 Å². The predicted molar refractivity (Wildman–Crippen MR) is 101 cm³/mol. The van der Waals surface area contributed by atoms with Gasteiger partial charge in [0.25, 0.3) is 0 Å². The van der Waals surface area contributed by atoms with E-state index in [-0.39, 0.29) is 0 Å². The minimum Gasteiger partial charge on any atom is -0.304 e. The topological polar surface area (TPSA) is 73.8 Å². The fourth-order valence-corrected chi connectivity index (χ4v) is 3.92. The van der Waals surface area contributed by atoms with Crippen molar-refractivity contribution in [3.05, 3.63) is 65.0 Å². The molecule has 4 aromatic rings. The Labute approximate surface area is 157 Å². The molecule has 5 rings (SSSR count). The van der Waals surface area contributed by atoms with Gasteiger partial charge in [0.2, 0.25) is 0 Å². The van der Waals surface area contributed by atoms with Gasteiger partial charge in [-0.2, -0.15) is 4.68 Å². The van der Waals surface area contributed by atoms with Gasteiger partial charge in [0.1, 0.15) is 23.1 Å². The summed E-state index contributed by atoms with van der Waals surface area (Å²) in [6, 6.07) is 8.16. The van der Waals surface area contributed by atoms with Crippen LogP contribution in [0, 0.1) is 27.7 Å². The maximum atomic E-state index is 4.86. The number of aryl methyl sites for hydroxylation is 4. The molecule has 4 aromatic heterocycles. The molecular formula is C20H21N7. The molecule has 1 saturated carbocycles. The van der Waals surface area contributed by atoms with Crippen molar-refractivity contribution in [2.45, 2.75) is 46.0 Å². The van der Waals surface area contributed by atoms with E-state index in [0.717, 1.165) is 41.1 Å². The molecule has 0 N–H and O–H groups in total. The molecule has 1 aliphatic rings. The van der Waals surface area contributed by atoms with Crippen molar-refractivity contribution >= 4 is 5.65 Å². The zero-order valence-corrected chi connectivity index (χ0v) is 15.9. The van der Waals surface area contributed by atoms with E-state index in [1.807, 2.05) is 39.0 Å². The number of imidazole rings is 1. The largest absolute Gasteiger partial charge is 0.304 e. The molecule has 1 unspecified atom stereocenters. The van der Waals surface area contributed by atoms with Crippen LogP contribution < -0.4 is 0 Å². The van der Waals surface area contributed by atoms with E-state index in [4.69, 9.17) is 9.97 Å². The molecule has 0 aliphatic heterocycles. The third-order valence-electron chi connectivity index (χ3n) is 5.26. The first-order valence-corrected chi connectivity index (χ1v) is 9.21. The van der Waals surface area contributed by atoms with Gasteiger partial charge in [-0.05, 0) is 46.2 Å². The first-order valence-electron chi connectivity index (χ1n) is 9.21. The summed E-state index contributed by atoms with van der Waals surface area (Å²) >= 11 is 0. The molecule has 0 spiro atoms. The normalized spacial score (nSPS) is 19.0. The van der Waals surface area contributed by atoms with Crippen LogP contribution in [-0.4, -0.2) is 34.1 Å². The molecule has 7 heteroatoms. The zero-order valence-electron chi connectivity index (χ0n) is 15.9. The Bertz CT molecular complexity index is 1170. The Kier molecular flexibility index (Phi) is 3.40. The summed E-state index contributed by atoms with van der Waals surface area (Å²) in [4.78, 5) is 18.5. The number of fused-ring (bicyclic) bond motifs is 1. The summed E-state index contributed by atoms with van der Waals surface area (Å²) in [5, 5.41) is 4.46. The molecule has 136 valence electrons. The second kappa shape index (κ2) is 5.70.